The molecule has 0 atom stereocenters. The van der Waals surface area contributed by atoms with Crippen LogP contribution < -0.4 is 10.7 Å². The molecule has 0 spiro atoms. The number of aryl methyl sites for hydroxylation is 1. The van der Waals surface area contributed by atoms with E-state index in [-0.39, 0.29) is 12.5 Å². The Morgan fingerprint density at radius 1 is 1.35 bits per heavy atom. The number of rotatable bonds is 5. The zero-order valence-electron chi connectivity index (χ0n) is 10.9. The number of para-hydroxylation sites is 1. The molecule has 0 fully saturated rings. The molecule has 0 aliphatic heterocycles. The molecule has 20 heavy (non-hydrogen) atoms. The molecule has 0 unspecified atom stereocenters. The Morgan fingerprint density at radius 3 is 2.85 bits per heavy atom. The van der Waals surface area contributed by atoms with Gasteiger partial charge in [-0.25, -0.2) is 5.43 Å². The molecule has 104 valence electrons. The molecule has 2 aromatic rings. The summed E-state index contributed by atoms with van der Waals surface area (Å²) in [7, 11) is 0. The molecule has 2 rings (SSSR count). The van der Waals surface area contributed by atoms with Gasteiger partial charge in [-0.15, -0.1) is 0 Å². The number of carbonyl (C=O) groups is 1. The van der Waals surface area contributed by atoms with Crippen LogP contribution in [0.25, 0.3) is 0 Å². The highest BCUT2D eigenvalue weighted by Gasteiger charge is 2.01. The summed E-state index contributed by atoms with van der Waals surface area (Å²) in [6.07, 6.45) is 1.44. The van der Waals surface area contributed by atoms with Gasteiger partial charge >= 0.3 is 0 Å². The number of hydrazone groups is 1. The summed E-state index contributed by atoms with van der Waals surface area (Å²) in [5, 5.41) is 6.86. The Kier molecular flexibility index (Phi) is 4.95. The zero-order chi connectivity index (χ0) is 14.4. The normalized spacial score (nSPS) is 10.7. The second kappa shape index (κ2) is 6.91. The van der Waals surface area contributed by atoms with Crippen LogP contribution in [0.4, 0.5) is 5.69 Å². The lowest BCUT2D eigenvalue weighted by molar-refractivity contribution is -0.119. The second-order valence-corrected chi connectivity index (χ2v) is 4.89. The van der Waals surface area contributed by atoms with Gasteiger partial charge in [0.25, 0.3) is 5.91 Å². The molecule has 1 heterocycles. The van der Waals surface area contributed by atoms with Crippen LogP contribution in [-0.4, -0.2) is 18.7 Å². The van der Waals surface area contributed by atoms with Gasteiger partial charge in [-0.05, 0) is 46.6 Å². The summed E-state index contributed by atoms with van der Waals surface area (Å²) in [6.45, 7) is 2.14. The number of amides is 1. The lowest BCUT2D eigenvalue weighted by atomic mass is 10.2. The minimum Gasteiger partial charge on any atom is -0.448 e. The van der Waals surface area contributed by atoms with Crippen LogP contribution in [0.15, 0.2) is 50.6 Å². The first-order valence-corrected chi connectivity index (χ1v) is 6.81. The van der Waals surface area contributed by atoms with Gasteiger partial charge in [0.2, 0.25) is 0 Å². The van der Waals surface area contributed by atoms with Crippen molar-refractivity contribution in [3.8, 4) is 0 Å². The maximum atomic E-state index is 11.6. The molecular formula is C14H14BrN3O2. The monoisotopic (exact) mass is 335 g/mol. The second-order valence-electron chi connectivity index (χ2n) is 4.10. The third kappa shape index (κ3) is 4.24. The molecule has 6 heteroatoms. The molecule has 0 aliphatic carbocycles. The van der Waals surface area contributed by atoms with Gasteiger partial charge in [0.15, 0.2) is 4.67 Å². The fourth-order valence-corrected chi connectivity index (χ4v) is 1.87. The summed E-state index contributed by atoms with van der Waals surface area (Å²) >= 11 is 3.18. The summed E-state index contributed by atoms with van der Waals surface area (Å²) in [5.74, 6) is 0.333. The molecule has 5 nitrogen and oxygen atoms in total. The van der Waals surface area contributed by atoms with Crippen molar-refractivity contribution in [2.75, 3.05) is 11.9 Å². The standard InChI is InChI=1S/C14H14BrN3O2/c1-10-4-2-3-5-12(10)16-9-14(19)18-17-8-11-6-7-13(15)20-11/h2-8,16H,9H2,1H3,(H,18,19)/b17-8+. The van der Waals surface area contributed by atoms with E-state index in [1.165, 1.54) is 6.21 Å². The van der Waals surface area contributed by atoms with Crippen LogP contribution in [0.3, 0.4) is 0 Å². The molecule has 0 bridgehead atoms. The first-order chi connectivity index (χ1) is 9.65. The zero-order valence-corrected chi connectivity index (χ0v) is 12.5. The Hall–Kier alpha value is -2.08. The average molecular weight is 336 g/mol. The molecule has 1 aromatic carbocycles. The number of anilines is 1. The predicted octanol–water partition coefficient (Wildman–Crippen LogP) is 2.91. The van der Waals surface area contributed by atoms with Crippen molar-refractivity contribution in [3.63, 3.8) is 0 Å². The number of hydrogen-bond acceptors (Lipinski definition) is 4. The fourth-order valence-electron chi connectivity index (χ4n) is 1.55. The van der Waals surface area contributed by atoms with E-state index in [0.717, 1.165) is 11.3 Å². The lowest BCUT2D eigenvalue weighted by Crippen LogP contribution is -2.26. The van der Waals surface area contributed by atoms with Gasteiger partial charge in [0, 0.05) is 5.69 Å². The fraction of sp³-hybridized carbons (Fsp3) is 0.143. The molecule has 1 aromatic heterocycles. The van der Waals surface area contributed by atoms with E-state index in [4.69, 9.17) is 4.42 Å². The van der Waals surface area contributed by atoms with Crippen molar-refractivity contribution in [2.24, 2.45) is 5.10 Å². The summed E-state index contributed by atoms with van der Waals surface area (Å²) < 4.78 is 5.83. The maximum Gasteiger partial charge on any atom is 0.259 e. The highest BCUT2D eigenvalue weighted by atomic mass is 79.9. The smallest absolute Gasteiger partial charge is 0.259 e. The average Bonchev–Trinajstić information content (AvgIpc) is 2.83. The molecule has 0 saturated heterocycles. The SMILES string of the molecule is Cc1ccccc1NCC(=O)N/N=C/c1ccc(Br)o1. The maximum absolute atomic E-state index is 11.6. The molecule has 0 aliphatic rings. The van der Waals surface area contributed by atoms with Crippen molar-refractivity contribution in [1.82, 2.24) is 5.43 Å². The van der Waals surface area contributed by atoms with E-state index in [1.54, 1.807) is 12.1 Å². The van der Waals surface area contributed by atoms with Crippen LogP contribution in [0.2, 0.25) is 0 Å². The minimum atomic E-state index is -0.227. The number of nitrogens with zero attached hydrogens (tertiary/aromatic N) is 1. The Morgan fingerprint density at radius 2 is 2.15 bits per heavy atom. The van der Waals surface area contributed by atoms with Crippen molar-refractivity contribution in [1.29, 1.82) is 0 Å². The molecule has 1 amide bonds. The number of hydrogen-bond donors (Lipinski definition) is 2. The van der Waals surface area contributed by atoms with Gasteiger partial charge in [-0.2, -0.15) is 5.10 Å². The topological polar surface area (TPSA) is 66.6 Å². The Bertz CT molecular complexity index is 622. The largest absolute Gasteiger partial charge is 0.448 e. The van der Waals surface area contributed by atoms with Crippen LogP contribution in [-0.2, 0) is 4.79 Å². The molecule has 0 radical (unpaired) electrons. The van der Waals surface area contributed by atoms with Gasteiger partial charge in [0.05, 0.1) is 12.8 Å². The van der Waals surface area contributed by atoms with E-state index in [2.05, 4.69) is 31.8 Å². The number of halogens is 1. The van der Waals surface area contributed by atoms with Gasteiger partial charge < -0.3 is 9.73 Å². The molecule has 0 saturated carbocycles. The van der Waals surface area contributed by atoms with Crippen molar-refractivity contribution in [2.45, 2.75) is 6.92 Å². The minimum absolute atomic E-state index is 0.157. The molecular weight excluding hydrogens is 322 g/mol. The van der Waals surface area contributed by atoms with Crippen molar-refractivity contribution < 1.29 is 9.21 Å². The molecule has 2 N–H and O–H groups in total. The van der Waals surface area contributed by atoms with E-state index >= 15 is 0 Å². The third-order valence-corrected chi connectivity index (χ3v) is 2.99. The summed E-state index contributed by atoms with van der Waals surface area (Å²) in [4.78, 5) is 11.6. The number of nitrogens with one attached hydrogen (secondary N) is 2. The van der Waals surface area contributed by atoms with E-state index in [1.807, 2.05) is 31.2 Å². The van der Waals surface area contributed by atoms with Crippen LogP contribution in [0, 0.1) is 6.92 Å². The highest BCUT2D eigenvalue weighted by molar-refractivity contribution is 9.10. The van der Waals surface area contributed by atoms with Gasteiger partial charge in [0.1, 0.15) is 5.76 Å². The van der Waals surface area contributed by atoms with Crippen molar-refractivity contribution >= 4 is 33.7 Å². The first kappa shape index (κ1) is 14.3. The summed E-state index contributed by atoms with van der Waals surface area (Å²) in [6, 6.07) is 11.3. The Balaban J connectivity index is 1.78. The van der Waals surface area contributed by atoms with Gasteiger partial charge in [-0.1, -0.05) is 18.2 Å². The number of furan rings is 1. The lowest BCUT2D eigenvalue weighted by Gasteiger charge is -2.07. The Labute approximate surface area is 125 Å². The third-order valence-electron chi connectivity index (χ3n) is 2.56. The summed E-state index contributed by atoms with van der Waals surface area (Å²) in [5.41, 5.74) is 4.44. The predicted molar refractivity (Wildman–Crippen MR) is 81.8 cm³/mol. The number of carbonyl (C=O) groups excluding carboxylic acids is 1. The van der Waals surface area contributed by atoms with Crippen LogP contribution in [0.1, 0.15) is 11.3 Å². The first-order valence-electron chi connectivity index (χ1n) is 6.02. The van der Waals surface area contributed by atoms with Crippen LogP contribution >= 0.6 is 15.9 Å². The number of benzene rings is 1. The quantitative estimate of drug-likeness (QED) is 0.652. The van der Waals surface area contributed by atoms with Crippen LogP contribution in [0.5, 0.6) is 0 Å². The highest BCUT2D eigenvalue weighted by Crippen LogP contribution is 2.12. The van der Waals surface area contributed by atoms with E-state index in [9.17, 15) is 4.79 Å². The van der Waals surface area contributed by atoms with Gasteiger partial charge in [-0.3, -0.25) is 4.79 Å². The van der Waals surface area contributed by atoms with E-state index < -0.39 is 0 Å². The van der Waals surface area contributed by atoms with Crippen molar-refractivity contribution in [3.05, 3.63) is 52.4 Å². The van der Waals surface area contributed by atoms with E-state index in [0.29, 0.717) is 10.4 Å².